The number of hydrogen-bond acceptors (Lipinski definition) is 4. The Kier molecular flexibility index (Phi) is 4.79. The van der Waals surface area contributed by atoms with Gasteiger partial charge in [-0.05, 0) is 49.4 Å². The second-order valence-electron chi connectivity index (χ2n) is 5.82. The zero-order valence-electron chi connectivity index (χ0n) is 12.4. The third-order valence-electron chi connectivity index (χ3n) is 4.09. The van der Waals surface area contributed by atoms with Gasteiger partial charge in [-0.1, -0.05) is 12.1 Å². The molecule has 2 radical (unpaired) electrons. The van der Waals surface area contributed by atoms with Gasteiger partial charge < -0.3 is 9.62 Å². The van der Waals surface area contributed by atoms with Gasteiger partial charge in [0.1, 0.15) is 11.6 Å². The van der Waals surface area contributed by atoms with E-state index in [2.05, 4.69) is 40.4 Å². The molecule has 0 unspecified atom stereocenters. The molecule has 1 aliphatic heterocycles. The van der Waals surface area contributed by atoms with Gasteiger partial charge in [0.15, 0.2) is 0 Å². The molecule has 2 fully saturated rings. The molecule has 0 aromatic carbocycles. The fourth-order valence-electron chi connectivity index (χ4n) is 2.73. The molecule has 22 heavy (non-hydrogen) atoms. The molecule has 1 saturated heterocycles. The Morgan fingerprint density at radius 3 is 2.50 bits per heavy atom. The summed E-state index contributed by atoms with van der Waals surface area (Å²) in [7, 11) is 2.12. The number of rotatable bonds is 4. The molecule has 2 aromatic rings. The number of pyridine rings is 2. The van der Waals surface area contributed by atoms with E-state index < -0.39 is 0 Å². The van der Waals surface area contributed by atoms with Crippen LogP contribution >= 0.6 is 0 Å². The molecule has 4 rings (SSSR count). The van der Waals surface area contributed by atoms with Crippen molar-refractivity contribution in [2.45, 2.75) is 19.3 Å². The second kappa shape index (κ2) is 6.80. The molecule has 0 N–H and O–H groups in total. The summed E-state index contributed by atoms with van der Waals surface area (Å²) in [5, 5.41) is 0. The first-order valence-electron chi connectivity index (χ1n) is 7.64. The number of anilines is 2. The summed E-state index contributed by atoms with van der Waals surface area (Å²) in [6, 6.07) is 12.4. The van der Waals surface area contributed by atoms with E-state index in [1.807, 2.05) is 24.4 Å². The van der Waals surface area contributed by atoms with E-state index >= 15 is 0 Å². The number of hydrogen-bond donors (Lipinski definition) is 0. The normalized spacial score (nSPS) is 17.1. The summed E-state index contributed by atoms with van der Waals surface area (Å²) in [6.07, 6.45) is 5.70. The smallest absolute Gasteiger partial charge is 0.382 e. The Labute approximate surface area is 145 Å². The van der Waals surface area contributed by atoms with E-state index in [0.717, 1.165) is 37.1 Å². The molecule has 1 aliphatic carbocycles. The van der Waals surface area contributed by atoms with E-state index in [-0.39, 0.29) is 20.1 Å². The van der Waals surface area contributed by atoms with Crippen molar-refractivity contribution in [1.82, 2.24) is 9.97 Å². The molecule has 0 atom stereocenters. The van der Waals surface area contributed by atoms with E-state index in [0.29, 0.717) is 0 Å². The zero-order chi connectivity index (χ0) is 14.1. The molecule has 6 heteroatoms. The fraction of sp³-hybridized carbons (Fsp3) is 0.375. The van der Waals surface area contributed by atoms with Gasteiger partial charge >= 0.3 is 7.55 Å². The Morgan fingerprint density at radius 2 is 1.77 bits per heavy atom. The summed E-state index contributed by atoms with van der Waals surface area (Å²) in [6.45, 7) is 1.90. The van der Waals surface area contributed by atoms with Crippen LogP contribution in [0.4, 0.5) is 11.6 Å². The predicted molar refractivity (Wildman–Crippen MR) is 85.3 cm³/mol. The maximum atomic E-state index is 4.81. The average Bonchev–Trinajstić information content (AvgIpc) is 3.20. The molecule has 0 bridgehead atoms. The Morgan fingerprint density at radius 1 is 1.00 bits per heavy atom. The first kappa shape index (κ1) is 15.5. The van der Waals surface area contributed by atoms with Crippen molar-refractivity contribution in [2.75, 3.05) is 22.7 Å². The van der Waals surface area contributed by atoms with Crippen LogP contribution in [0.25, 0.3) is 0 Å². The fourth-order valence-corrected chi connectivity index (χ4v) is 2.73. The van der Waals surface area contributed by atoms with Crippen LogP contribution in [-0.4, -0.2) is 30.6 Å². The molecule has 4 nitrogen and oxygen atoms in total. The molecule has 0 amide bonds. The first-order valence-corrected chi connectivity index (χ1v) is 7.64. The molecule has 114 valence electrons. The van der Waals surface area contributed by atoms with E-state index in [9.17, 15) is 0 Å². The van der Waals surface area contributed by atoms with Gasteiger partial charge in [-0.15, -0.1) is 0 Å². The van der Waals surface area contributed by atoms with Crippen LogP contribution in [-0.2, 0) is 26.5 Å². The van der Waals surface area contributed by atoms with Crippen molar-refractivity contribution in [3.8, 4) is 0 Å². The van der Waals surface area contributed by atoms with Crippen LogP contribution in [0.15, 0.2) is 42.6 Å². The van der Waals surface area contributed by atoms with Gasteiger partial charge in [0, 0.05) is 45.1 Å². The van der Waals surface area contributed by atoms with Crippen molar-refractivity contribution >= 4 is 19.2 Å². The van der Waals surface area contributed by atoms with Crippen LogP contribution in [0.3, 0.4) is 0 Å². The quantitative estimate of drug-likeness (QED) is 0.644. The molecular formula is C16H18BIrN4. The van der Waals surface area contributed by atoms with Gasteiger partial charge in [-0.25, -0.2) is 9.97 Å². The predicted octanol–water partition coefficient (Wildman–Crippen LogP) is 2.29. The zero-order valence-corrected chi connectivity index (χ0v) is 14.7. The summed E-state index contributed by atoms with van der Waals surface area (Å²) >= 11 is 0. The van der Waals surface area contributed by atoms with Gasteiger partial charge in [0.2, 0.25) is 0 Å². The van der Waals surface area contributed by atoms with E-state index in [4.69, 9.17) is 4.98 Å². The minimum Gasteiger partial charge on any atom is -0.382 e. The monoisotopic (exact) mass is 470 g/mol. The maximum absolute atomic E-state index is 4.81. The van der Waals surface area contributed by atoms with Crippen molar-refractivity contribution in [2.24, 2.45) is 5.92 Å². The minimum absolute atomic E-state index is 0. The van der Waals surface area contributed by atoms with Gasteiger partial charge in [-0.2, -0.15) is 0 Å². The topological polar surface area (TPSA) is 32.3 Å². The van der Waals surface area contributed by atoms with Gasteiger partial charge in [0.25, 0.3) is 0 Å². The van der Waals surface area contributed by atoms with E-state index in [1.165, 1.54) is 18.5 Å². The van der Waals surface area contributed by atoms with Crippen molar-refractivity contribution in [1.29, 1.82) is 0 Å². The van der Waals surface area contributed by atoms with Crippen molar-refractivity contribution in [3.05, 3.63) is 48.3 Å². The minimum atomic E-state index is 0. The van der Waals surface area contributed by atoms with Crippen molar-refractivity contribution in [3.63, 3.8) is 0 Å². The van der Waals surface area contributed by atoms with Crippen LogP contribution in [0.1, 0.15) is 18.5 Å². The molecule has 0 spiro atoms. The third kappa shape index (κ3) is 3.50. The number of nitrogens with zero attached hydrogens (tertiary/aromatic N) is 4. The summed E-state index contributed by atoms with van der Waals surface area (Å²) < 4.78 is 0. The number of aromatic nitrogens is 2. The van der Waals surface area contributed by atoms with Crippen LogP contribution in [0.5, 0.6) is 0 Å². The molecule has 1 saturated carbocycles. The van der Waals surface area contributed by atoms with Crippen LogP contribution < -0.4 is 9.62 Å². The average molecular weight is 469 g/mol. The van der Waals surface area contributed by atoms with E-state index in [1.54, 1.807) is 0 Å². The van der Waals surface area contributed by atoms with Gasteiger partial charge in [-0.3, -0.25) is 0 Å². The largest absolute Gasteiger partial charge is 0.394 e. The Bertz CT molecular complexity index is 621. The Hall–Kier alpha value is -1.39. The molecule has 2 aliphatic rings. The SMILES string of the molecule is [B]1N(c2ccccn2)CCN1c1cccc(CC2CC2)n1.[Ir]. The van der Waals surface area contributed by atoms with Crippen LogP contribution in [0, 0.1) is 5.92 Å². The molecule has 3 heterocycles. The second-order valence-corrected chi connectivity index (χ2v) is 5.82. The summed E-state index contributed by atoms with van der Waals surface area (Å²) in [4.78, 5) is 13.6. The van der Waals surface area contributed by atoms with Crippen molar-refractivity contribution < 1.29 is 20.1 Å². The summed E-state index contributed by atoms with van der Waals surface area (Å²) in [5.41, 5.74) is 1.22. The summed E-state index contributed by atoms with van der Waals surface area (Å²) in [5.74, 6) is 2.92. The van der Waals surface area contributed by atoms with Gasteiger partial charge in [0.05, 0.1) is 0 Å². The molecule has 2 aromatic heterocycles. The standard InChI is InChI=1S/C16H18BN4.Ir/c1-2-9-18-15(5-1)20-10-11-21(17-20)16-6-3-4-14(19-16)12-13-7-8-13;/h1-6,9,13H,7-8,10-12H2;. The first-order chi connectivity index (χ1) is 10.4. The van der Waals surface area contributed by atoms with Crippen LogP contribution in [0.2, 0.25) is 0 Å². The third-order valence-corrected chi connectivity index (χ3v) is 4.09. The maximum Gasteiger partial charge on any atom is 0.394 e. The Balaban J connectivity index is 0.00000144. The molecular weight excluding hydrogens is 451 g/mol.